The van der Waals surface area contributed by atoms with Crippen molar-refractivity contribution in [1.29, 1.82) is 0 Å². The van der Waals surface area contributed by atoms with Crippen LogP contribution in [0.4, 0.5) is 10.2 Å². The highest BCUT2D eigenvalue weighted by molar-refractivity contribution is 6.10. The van der Waals surface area contributed by atoms with Crippen molar-refractivity contribution in [2.24, 2.45) is 0 Å². The molecule has 160 valence electrons. The lowest BCUT2D eigenvalue weighted by Gasteiger charge is -2.22. The Balaban J connectivity index is 1.77. The maximum Gasteiger partial charge on any atom is 0.296 e. The number of carbonyl (C=O) groups excluding carboxylic acids is 1. The van der Waals surface area contributed by atoms with Crippen molar-refractivity contribution in [2.75, 3.05) is 11.5 Å². The number of anilines is 1. The molecule has 1 atom stereocenters. The molecule has 0 fully saturated rings. The zero-order valence-corrected chi connectivity index (χ0v) is 17.0. The van der Waals surface area contributed by atoms with E-state index in [1.54, 1.807) is 43.3 Å². The molecule has 1 aliphatic rings. The highest BCUT2D eigenvalue weighted by Gasteiger charge is 2.45. The van der Waals surface area contributed by atoms with Gasteiger partial charge in [0.15, 0.2) is 11.2 Å². The molecule has 1 aliphatic heterocycles. The van der Waals surface area contributed by atoms with Gasteiger partial charge in [0.1, 0.15) is 29.5 Å². The predicted molar refractivity (Wildman–Crippen MR) is 114 cm³/mol. The third-order valence-corrected chi connectivity index (χ3v) is 5.24. The summed E-state index contributed by atoms with van der Waals surface area (Å²) in [6.45, 7) is 5.63. The van der Waals surface area contributed by atoms with E-state index in [1.165, 1.54) is 17.0 Å². The third-order valence-electron chi connectivity index (χ3n) is 5.24. The first-order valence-corrected chi connectivity index (χ1v) is 9.84. The molecule has 0 saturated heterocycles. The van der Waals surface area contributed by atoms with Crippen molar-refractivity contribution >= 4 is 22.7 Å². The van der Waals surface area contributed by atoms with Crippen LogP contribution in [0.2, 0.25) is 0 Å². The molecular weight excluding hydrogens is 415 g/mol. The normalized spacial score (nSPS) is 15.2. The number of fused-ring (bicyclic) bond motifs is 2. The Labute approximate surface area is 181 Å². The van der Waals surface area contributed by atoms with E-state index >= 15 is 0 Å². The maximum absolute atomic E-state index is 13.9. The molecule has 8 heteroatoms. The Kier molecular flexibility index (Phi) is 4.62. The lowest BCUT2D eigenvalue weighted by Crippen LogP contribution is -2.29. The van der Waals surface area contributed by atoms with Crippen molar-refractivity contribution in [3.05, 3.63) is 99.9 Å². The van der Waals surface area contributed by atoms with Crippen molar-refractivity contribution in [2.45, 2.75) is 13.0 Å². The Bertz CT molecular complexity index is 1440. The van der Waals surface area contributed by atoms with E-state index < -0.39 is 23.2 Å². The minimum atomic E-state index is -0.863. The Morgan fingerprint density at radius 1 is 1.22 bits per heavy atom. The molecule has 32 heavy (non-hydrogen) atoms. The molecule has 4 aromatic rings. The van der Waals surface area contributed by atoms with Gasteiger partial charge in [-0.3, -0.25) is 14.5 Å². The average Bonchev–Trinajstić information content (AvgIpc) is 3.34. The monoisotopic (exact) mass is 432 g/mol. The van der Waals surface area contributed by atoms with Crippen LogP contribution in [0.15, 0.2) is 74.9 Å². The SMILES string of the molecule is C=CCOc1cccc([C@@H]2c3c(oc4ccc(F)cc4c3=O)C(=O)N2c2cc(C)on2)c1. The van der Waals surface area contributed by atoms with Crippen LogP contribution in [0.5, 0.6) is 5.75 Å². The molecule has 0 aliphatic carbocycles. The summed E-state index contributed by atoms with van der Waals surface area (Å²) in [6.07, 6.45) is 1.61. The number of carbonyl (C=O) groups is 1. The van der Waals surface area contributed by atoms with Gasteiger partial charge >= 0.3 is 0 Å². The molecule has 0 bridgehead atoms. The fraction of sp³-hybridized carbons (Fsp3) is 0.125. The molecule has 0 saturated carbocycles. The van der Waals surface area contributed by atoms with Gasteiger partial charge in [0.2, 0.25) is 5.76 Å². The van der Waals surface area contributed by atoms with Crippen LogP contribution < -0.4 is 15.1 Å². The molecule has 7 nitrogen and oxygen atoms in total. The highest BCUT2D eigenvalue weighted by atomic mass is 19.1. The summed E-state index contributed by atoms with van der Waals surface area (Å²) in [5.41, 5.74) is 0.347. The first kappa shape index (κ1) is 19.7. The zero-order chi connectivity index (χ0) is 22.4. The first-order valence-electron chi connectivity index (χ1n) is 9.84. The molecule has 0 N–H and O–H groups in total. The molecule has 3 heterocycles. The van der Waals surface area contributed by atoms with E-state index in [9.17, 15) is 14.0 Å². The summed E-state index contributed by atoms with van der Waals surface area (Å²) < 4.78 is 30.5. The summed E-state index contributed by atoms with van der Waals surface area (Å²) in [4.78, 5) is 28.2. The van der Waals surface area contributed by atoms with Crippen LogP contribution >= 0.6 is 0 Å². The van der Waals surface area contributed by atoms with E-state index in [-0.39, 0.29) is 28.1 Å². The summed E-state index contributed by atoms with van der Waals surface area (Å²) in [5.74, 6) is 0.0366. The van der Waals surface area contributed by atoms with Crippen LogP contribution in [0, 0.1) is 12.7 Å². The summed E-state index contributed by atoms with van der Waals surface area (Å²) >= 11 is 0. The number of amides is 1. The van der Waals surface area contributed by atoms with Gasteiger partial charge in [0, 0.05) is 6.07 Å². The largest absolute Gasteiger partial charge is 0.490 e. The molecule has 1 amide bonds. The first-order chi connectivity index (χ1) is 15.5. The van der Waals surface area contributed by atoms with E-state index in [2.05, 4.69) is 11.7 Å². The molecule has 2 aromatic heterocycles. The van der Waals surface area contributed by atoms with E-state index in [0.29, 0.717) is 23.7 Å². The van der Waals surface area contributed by atoms with Crippen molar-refractivity contribution in [3.8, 4) is 5.75 Å². The Morgan fingerprint density at radius 2 is 2.06 bits per heavy atom. The van der Waals surface area contributed by atoms with Crippen LogP contribution in [0.3, 0.4) is 0 Å². The lowest BCUT2D eigenvalue weighted by molar-refractivity contribution is 0.0969. The molecule has 0 radical (unpaired) electrons. The number of hydrogen-bond donors (Lipinski definition) is 0. The van der Waals surface area contributed by atoms with Crippen molar-refractivity contribution < 1.29 is 22.9 Å². The quantitative estimate of drug-likeness (QED) is 0.431. The minimum Gasteiger partial charge on any atom is -0.490 e. The van der Waals surface area contributed by atoms with Gasteiger partial charge in [-0.25, -0.2) is 4.39 Å². The van der Waals surface area contributed by atoms with Crippen LogP contribution in [-0.2, 0) is 0 Å². The zero-order valence-electron chi connectivity index (χ0n) is 17.0. The second-order valence-corrected chi connectivity index (χ2v) is 7.36. The summed E-state index contributed by atoms with van der Waals surface area (Å²) in [5, 5.41) is 4.03. The maximum atomic E-state index is 13.9. The van der Waals surface area contributed by atoms with Gasteiger partial charge in [-0.15, -0.1) is 0 Å². The van der Waals surface area contributed by atoms with Crippen molar-refractivity contribution in [3.63, 3.8) is 0 Å². The smallest absolute Gasteiger partial charge is 0.296 e. The molecule has 5 rings (SSSR count). The second-order valence-electron chi connectivity index (χ2n) is 7.36. The van der Waals surface area contributed by atoms with Gasteiger partial charge in [0.25, 0.3) is 5.91 Å². The van der Waals surface area contributed by atoms with Gasteiger partial charge in [-0.05, 0) is 42.8 Å². The predicted octanol–water partition coefficient (Wildman–Crippen LogP) is 4.54. The van der Waals surface area contributed by atoms with Crippen molar-refractivity contribution in [1.82, 2.24) is 5.16 Å². The molecular formula is C24H17FN2O5. The number of aromatic nitrogens is 1. The van der Waals surface area contributed by atoms with E-state index in [0.717, 1.165) is 6.07 Å². The average molecular weight is 432 g/mol. The van der Waals surface area contributed by atoms with E-state index in [1.807, 2.05) is 0 Å². The fourth-order valence-electron chi connectivity index (χ4n) is 3.89. The summed E-state index contributed by atoms with van der Waals surface area (Å²) in [6, 6.07) is 11.4. The van der Waals surface area contributed by atoms with Gasteiger partial charge < -0.3 is 13.7 Å². The molecule has 0 spiro atoms. The fourth-order valence-corrected chi connectivity index (χ4v) is 3.89. The number of benzene rings is 2. The minimum absolute atomic E-state index is 0.0544. The molecule has 2 aromatic carbocycles. The number of ether oxygens (including phenoxy) is 1. The van der Waals surface area contributed by atoms with Gasteiger partial charge in [-0.2, -0.15) is 0 Å². The Morgan fingerprint density at radius 3 is 2.81 bits per heavy atom. The standard InChI is InChI=1S/C24H17FN2O5/c1-3-9-30-16-6-4-5-14(11-16)21-20-22(28)17-12-15(25)7-8-18(17)31-23(20)24(29)27(21)19-10-13(2)32-26-19/h3-8,10-12,21H,1,9H2,2H3/t21-/m1/s1. The van der Waals surface area contributed by atoms with Gasteiger partial charge in [0.05, 0.1) is 17.0 Å². The van der Waals surface area contributed by atoms with Crippen LogP contribution in [0.25, 0.3) is 11.0 Å². The number of aryl methyl sites for hydroxylation is 1. The number of rotatable bonds is 5. The second kappa shape index (κ2) is 7.49. The Hall–Kier alpha value is -4.20. The number of nitrogens with zero attached hydrogens (tertiary/aromatic N) is 2. The van der Waals surface area contributed by atoms with E-state index in [4.69, 9.17) is 13.7 Å². The number of hydrogen-bond acceptors (Lipinski definition) is 6. The van der Waals surface area contributed by atoms with Crippen LogP contribution in [-0.4, -0.2) is 17.7 Å². The highest BCUT2D eigenvalue weighted by Crippen LogP contribution is 2.41. The molecule has 0 unspecified atom stereocenters. The summed E-state index contributed by atoms with van der Waals surface area (Å²) in [7, 11) is 0. The van der Waals surface area contributed by atoms with Crippen LogP contribution in [0.1, 0.15) is 33.5 Å². The van der Waals surface area contributed by atoms with Gasteiger partial charge in [-0.1, -0.05) is 29.9 Å². The number of halogens is 1. The third kappa shape index (κ3) is 3.08. The lowest BCUT2D eigenvalue weighted by atomic mass is 9.98. The topological polar surface area (TPSA) is 85.8 Å².